The van der Waals surface area contributed by atoms with Crippen molar-refractivity contribution in [2.24, 2.45) is 0 Å². The summed E-state index contributed by atoms with van der Waals surface area (Å²) in [5, 5.41) is 2.96. The molecule has 1 aliphatic carbocycles. The first-order valence-electron chi connectivity index (χ1n) is 9.02. The molecule has 1 atom stereocenters. The minimum Gasteiger partial charge on any atom is -0.492 e. The van der Waals surface area contributed by atoms with E-state index >= 15 is 0 Å². The third kappa shape index (κ3) is 2.73. The highest BCUT2D eigenvalue weighted by Gasteiger charge is 2.53. The lowest BCUT2D eigenvalue weighted by molar-refractivity contribution is -0.132. The summed E-state index contributed by atoms with van der Waals surface area (Å²) < 4.78 is 5.72. The number of nitrogens with one attached hydrogen (secondary N) is 1. The molecule has 1 N–H and O–H groups in total. The summed E-state index contributed by atoms with van der Waals surface area (Å²) in [6.45, 7) is 2.51. The summed E-state index contributed by atoms with van der Waals surface area (Å²) in [6, 6.07) is 15.3. The van der Waals surface area contributed by atoms with Crippen LogP contribution in [-0.4, -0.2) is 30.0 Å². The Bertz CT molecular complexity index is 864. The predicted octanol–water partition coefficient (Wildman–Crippen LogP) is 3.16. The monoisotopic (exact) mass is 350 g/mol. The maximum Gasteiger partial charge on any atom is 0.325 e. The fraction of sp³-hybridized carbons (Fsp3) is 0.333. The van der Waals surface area contributed by atoms with E-state index in [-0.39, 0.29) is 25.1 Å². The molecule has 1 saturated heterocycles. The van der Waals surface area contributed by atoms with Gasteiger partial charge in [0.15, 0.2) is 0 Å². The molecule has 2 aromatic rings. The number of urea groups is 1. The van der Waals surface area contributed by atoms with Crippen LogP contribution in [-0.2, 0) is 16.8 Å². The van der Waals surface area contributed by atoms with E-state index in [1.54, 1.807) is 0 Å². The van der Waals surface area contributed by atoms with E-state index in [1.807, 2.05) is 55.5 Å². The first-order chi connectivity index (χ1) is 12.6. The lowest BCUT2D eigenvalue weighted by Gasteiger charge is -2.33. The molecule has 3 amide bonds. The predicted molar refractivity (Wildman–Crippen MR) is 98.0 cm³/mol. The maximum absolute atomic E-state index is 13.1. The van der Waals surface area contributed by atoms with Crippen molar-refractivity contribution in [1.29, 1.82) is 0 Å². The van der Waals surface area contributed by atoms with E-state index in [0.717, 1.165) is 35.3 Å². The second-order valence-corrected chi connectivity index (χ2v) is 6.97. The van der Waals surface area contributed by atoms with Gasteiger partial charge in [0, 0.05) is 0 Å². The summed E-state index contributed by atoms with van der Waals surface area (Å²) in [5.74, 6) is 0.581. The van der Waals surface area contributed by atoms with Crippen molar-refractivity contribution in [1.82, 2.24) is 10.2 Å². The fourth-order valence-electron chi connectivity index (χ4n) is 3.97. The molecule has 2 aromatic carbocycles. The Kier molecular flexibility index (Phi) is 4.15. The van der Waals surface area contributed by atoms with Gasteiger partial charge in [-0.2, -0.15) is 0 Å². The van der Waals surface area contributed by atoms with Crippen LogP contribution in [0, 0.1) is 6.92 Å². The van der Waals surface area contributed by atoms with Gasteiger partial charge in [-0.3, -0.25) is 9.69 Å². The normalized spacial score (nSPS) is 21.7. The standard InChI is InChI=1S/C21H22N2O3/c1-15-6-4-9-17(14-15)26-13-12-23-19(24)21(22-20(23)25)11-5-8-16-7-2-3-10-18(16)21/h2-4,6-7,9-10,14H,5,8,11-13H2,1H3,(H,22,25). The van der Waals surface area contributed by atoms with Crippen LogP contribution in [0.25, 0.3) is 0 Å². The van der Waals surface area contributed by atoms with Gasteiger partial charge in [0.25, 0.3) is 5.91 Å². The number of nitrogens with zero attached hydrogens (tertiary/aromatic N) is 1. The minimum atomic E-state index is -0.907. The van der Waals surface area contributed by atoms with E-state index in [0.29, 0.717) is 6.42 Å². The molecule has 4 rings (SSSR count). The molecule has 1 spiro atoms. The Morgan fingerprint density at radius 3 is 2.85 bits per heavy atom. The molecule has 5 nitrogen and oxygen atoms in total. The number of carbonyl (C=O) groups excluding carboxylic acids is 2. The van der Waals surface area contributed by atoms with Gasteiger partial charge in [-0.1, -0.05) is 36.4 Å². The van der Waals surface area contributed by atoms with Crippen LogP contribution in [0.4, 0.5) is 4.79 Å². The van der Waals surface area contributed by atoms with Crippen LogP contribution in [0.5, 0.6) is 5.75 Å². The van der Waals surface area contributed by atoms with Crippen LogP contribution in [0.15, 0.2) is 48.5 Å². The van der Waals surface area contributed by atoms with Gasteiger partial charge in [0.1, 0.15) is 17.9 Å². The largest absolute Gasteiger partial charge is 0.492 e. The number of hydrogen-bond donors (Lipinski definition) is 1. The summed E-state index contributed by atoms with van der Waals surface area (Å²) >= 11 is 0. The Balaban J connectivity index is 1.50. The number of hydrogen-bond acceptors (Lipinski definition) is 3. The number of imide groups is 1. The summed E-state index contributed by atoms with van der Waals surface area (Å²) in [4.78, 5) is 26.9. The fourth-order valence-corrected chi connectivity index (χ4v) is 3.97. The highest BCUT2D eigenvalue weighted by atomic mass is 16.5. The molecular formula is C21H22N2O3. The van der Waals surface area contributed by atoms with Crippen molar-refractivity contribution >= 4 is 11.9 Å². The third-order valence-electron chi connectivity index (χ3n) is 5.22. The molecule has 0 saturated carbocycles. The van der Waals surface area contributed by atoms with E-state index in [4.69, 9.17) is 4.74 Å². The number of fused-ring (bicyclic) bond motifs is 2. The quantitative estimate of drug-likeness (QED) is 0.862. The summed E-state index contributed by atoms with van der Waals surface area (Å²) in [6.07, 6.45) is 2.47. The highest BCUT2D eigenvalue weighted by Crippen LogP contribution is 2.39. The number of benzene rings is 2. The third-order valence-corrected chi connectivity index (χ3v) is 5.22. The molecule has 134 valence electrons. The van der Waals surface area contributed by atoms with Crippen molar-refractivity contribution in [3.63, 3.8) is 0 Å². The number of amides is 3. The molecule has 0 radical (unpaired) electrons. The topological polar surface area (TPSA) is 58.6 Å². The van der Waals surface area contributed by atoms with Gasteiger partial charge in [-0.05, 0) is 55.0 Å². The Hall–Kier alpha value is -2.82. The SMILES string of the molecule is Cc1cccc(OCCN2C(=O)NC3(CCCc4ccccc43)C2=O)c1. The van der Waals surface area contributed by atoms with Gasteiger partial charge in [-0.15, -0.1) is 0 Å². The first kappa shape index (κ1) is 16.6. The van der Waals surface area contributed by atoms with Crippen molar-refractivity contribution in [2.75, 3.05) is 13.2 Å². The average molecular weight is 350 g/mol. The zero-order valence-corrected chi connectivity index (χ0v) is 14.8. The number of carbonyl (C=O) groups is 2. The molecule has 2 aliphatic rings. The zero-order chi connectivity index (χ0) is 18.1. The van der Waals surface area contributed by atoms with Crippen LogP contribution < -0.4 is 10.1 Å². The number of aryl methyl sites for hydroxylation is 2. The second kappa shape index (κ2) is 6.48. The van der Waals surface area contributed by atoms with Gasteiger partial charge in [0.2, 0.25) is 0 Å². The van der Waals surface area contributed by atoms with E-state index < -0.39 is 5.54 Å². The van der Waals surface area contributed by atoms with Crippen molar-refractivity contribution in [3.05, 3.63) is 65.2 Å². The van der Waals surface area contributed by atoms with E-state index in [2.05, 4.69) is 5.32 Å². The molecule has 1 fully saturated rings. The van der Waals surface area contributed by atoms with Gasteiger partial charge in [-0.25, -0.2) is 4.79 Å². The van der Waals surface area contributed by atoms with Crippen LogP contribution in [0.3, 0.4) is 0 Å². The average Bonchev–Trinajstić information content (AvgIpc) is 2.87. The first-order valence-corrected chi connectivity index (χ1v) is 9.02. The summed E-state index contributed by atoms with van der Waals surface area (Å²) in [7, 11) is 0. The van der Waals surface area contributed by atoms with Gasteiger partial charge < -0.3 is 10.1 Å². The Labute approximate surface area is 153 Å². The molecule has 1 aliphatic heterocycles. The zero-order valence-electron chi connectivity index (χ0n) is 14.8. The molecule has 0 bridgehead atoms. The maximum atomic E-state index is 13.1. The Morgan fingerprint density at radius 1 is 1.15 bits per heavy atom. The van der Waals surface area contributed by atoms with E-state index in [1.165, 1.54) is 4.90 Å². The lowest BCUT2D eigenvalue weighted by atomic mass is 9.76. The molecule has 26 heavy (non-hydrogen) atoms. The van der Waals surface area contributed by atoms with E-state index in [9.17, 15) is 9.59 Å². The van der Waals surface area contributed by atoms with Gasteiger partial charge >= 0.3 is 6.03 Å². The smallest absolute Gasteiger partial charge is 0.325 e. The number of rotatable bonds is 4. The molecule has 5 heteroatoms. The molecular weight excluding hydrogens is 328 g/mol. The van der Waals surface area contributed by atoms with Crippen molar-refractivity contribution in [2.45, 2.75) is 31.7 Å². The van der Waals surface area contributed by atoms with Gasteiger partial charge in [0.05, 0.1) is 6.54 Å². The Morgan fingerprint density at radius 2 is 2.00 bits per heavy atom. The molecule has 0 aromatic heterocycles. The van der Waals surface area contributed by atoms with Crippen LogP contribution in [0.1, 0.15) is 29.5 Å². The van der Waals surface area contributed by atoms with Crippen LogP contribution in [0.2, 0.25) is 0 Å². The van der Waals surface area contributed by atoms with Crippen molar-refractivity contribution in [3.8, 4) is 5.75 Å². The van der Waals surface area contributed by atoms with Crippen LogP contribution >= 0.6 is 0 Å². The lowest BCUT2D eigenvalue weighted by Crippen LogP contribution is -2.46. The molecule has 1 heterocycles. The molecule has 1 unspecified atom stereocenters. The summed E-state index contributed by atoms with van der Waals surface area (Å²) in [5.41, 5.74) is 2.28. The highest BCUT2D eigenvalue weighted by molar-refractivity contribution is 6.07. The minimum absolute atomic E-state index is 0.164. The number of ether oxygens (including phenoxy) is 1. The second-order valence-electron chi connectivity index (χ2n) is 6.97. The van der Waals surface area contributed by atoms with Crippen molar-refractivity contribution < 1.29 is 14.3 Å².